The molecule has 0 radical (unpaired) electrons. The summed E-state index contributed by atoms with van der Waals surface area (Å²) in [6.07, 6.45) is 0. The van der Waals surface area contributed by atoms with Gasteiger partial charge in [-0.25, -0.2) is 0 Å². The molecule has 0 aromatic heterocycles. The Kier molecular flexibility index (Phi) is 12.6. The van der Waals surface area contributed by atoms with Crippen LogP contribution in [0.15, 0.2) is 59.6 Å². The van der Waals surface area contributed by atoms with E-state index in [0.717, 1.165) is 51.9 Å². The SMILES string of the molecule is CN=C(NCc1cccc(CN2CCOCC2)c1)NCC(C)COCc1ccccc1.I. The summed E-state index contributed by atoms with van der Waals surface area (Å²) in [6, 6.07) is 19.0. The van der Waals surface area contributed by atoms with Crippen molar-refractivity contribution in [2.24, 2.45) is 10.9 Å². The van der Waals surface area contributed by atoms with Gasteiger partial charge in [0.1, 0.15) is 0 Å². The van der Waals surface area contributed by atoms with Crippen molar-refractivity contribution in [1.82, 2.24) is 15.5 Å². The third-order valence-electron chi connectivity index (χ3n) is 5.32. The Hall–Kier alpha value is -1.68. The van der Waals surface area contributed by atoms with Crippen LogP contribution in [0, 0.1) is 5.92 Å². The Morgan fingerprint density at radius 3 is 2.50 bits per heavy atom. The van der Waals surface area contributed by atoms with Crippen molar-refractivity contribution in [2.75, 3.05) is 46.5 Å². The standard InChI is InChI=1S/C25H36N4O2.HI/c1-21(19-31-20-22-7-4-3-5-8-22)16-27-25(26-2)28-17-23-9-6-10-24(15-23)18-29-11-13-30-14-12-29;/h3-10,15,21H,11-14,16-20H2,1-2H3,(H2,26,27,28);1H. The van der Waals surface area contributed by atoms with Crippen LogP contribution in [0.2, 0.25) is 0 Å². The van der Waals surface area contributed by atoms with Gasteiger partial charge in [0.2, 0.25) is 0 Å². The Balaban J connectivity index is 0.00000363. The second-order valence-electron chi connectivity index (χ2n) is 8.12. The molecule has 1 atom stereocenters. The maximum Gasteiger partial charge on any atom is 0.191 e. The van der Waals surface area contributed by atoms with Crippen molar-refractivity contribution >= 4 is 29.9 Å². The quantitative estimate of drug-likeness (QED) is 0.268. The zero-order chi connectivity index (χ0) is 21.7. The molecule has 2 aromatic rings. The van der Waals surface area contributed by atoms with Crippen molar-refractivity contribution in [2.45, 2.75) is 26.6 Å². The number of benzene rings is 2. The lowest BCUT2D eigenvalue weighted by Gasteiger charge is -2.26. The topological polar surface area (TPSA) is 58.1 Å². The summed E-state index contributed by atoms with van der Waals surface area (Å²) in [5, 5.41) is 6.82. The highest BCUT2D eigenvalue weighted by Gasteiger charge is 2.11. The van der Waals surface area contributed by atoms with Crippen molar-refractivity contribution in [3.05, 3.63) is 71.3 Å². The molecule has 2 N–H and O–H groups in total. The first-order valence-corrected chi connectivity index (χ1v) is 11.2. The predicted molar refractivity (Wildman–Crippen MR) is 141 cm³/mol. The van der Waals surface area contributed by atoms with Crippen molar-refractivity contribution in [3.63, 3.8) is 0 Å². The first-order valence-electron chi connectivity index (χ1n) is 11.2. The van der Waals surface area contributed by atoms with Gasteiger partial charge in [0.25, 0.3) is 0 Å². The van der Waals surface area contributed by atoms with Gasteiger partial charge in [-0.05, 0) is 22.6 Å². The van der Waals surface area contributed by atoms with Gasteiger partial charge in [0.05, 0.1) is 26.4 Å². The fourth-order valence-electron chi connectivity index (χ4n) is 3.54. The molecule has 176 valence electrons. The van der Waals surface area contributed by atoms with E-state index in [1.165, 1.54) is 16.7 Å². The Labute approximate surface area is 209 Å². The first-order chi connectivity index (χ1) is 15.2. The third kappa shape index (κ3) is 9.85. The van der Waals surface area contributed by atoms with Crippen LogP contribution in [0.1, 0.15) is 23.6 Å². The normalized spacial score (nSPS) is 15.6. The second kappa shape index (κ2) is 15.2. The lowest BCUT2D eigenvalue weighted by Crippen LogP contribution is -2.39. The van der Waals surface area contributed by atoms with Crippen LogP contribution in [0.4, 0.5) is 0 Å². The highest BCUT2D eigenvalue weighted by molar-refractivity contribution is 14.0. The fourth-order valence-corrected chi connectivity index (χ4v) is 3.54. The minimum Gasteiger partial charge on any atom is -0.379 e. The number of guanidine groups is 1. The Bertz CT molecular complexity index is 798. The zero-order valence-electron chi connectivity index (χ0n) is 19.3. The van der Waals surface area contributed by atoms with Crippen LogP contribution in [-0.4, -0.2) is 57.4 Å². The number of ether oxygens (including phenoxy) is 2. The second-order valence-corrected chi connectivity index (χ2v) is 8.12. The average Bonchev–Trinajstić information content (AvgIpc) is 2.81. The van der Waals surface area contributed by atoms with Gasteiger partial charge < -0.3 is 20.1 Å². The average molecular weight is 553 g/mol. The van der Waals surface area contributed by atoms with Crippen LogP contribution in [0.3, 0.4) is 0 Å². The maximum absolute atomic E-state index is 5.84. The number of nitrogens with one attached hydrogen (secondary N) is 2. The molecule has 7 heteroatoms. The molecule has 1 aliphatic heterocycles. The number of halogens is 1. The van der Waals surface area contributed by atoms with Gasteiger partial charge in [-0.15, -0.1) is 24.0 Å². The highest BCUT2D eigenvalue weighted by Crippen LogP contribution is 2.10. The lowest BCUT2D eigenvalue weighted by molar-refractivity contribution is 0.0342. The summed E-state index contributed by atoms with van der Waals surface area (Å²) in [6.45, 7) is 9.75. The summed E-state index contributed by atoms with van der Waals surface area (Å²) in [5.74, 6) is 1.20. The summed E-state index contributed by atoms with van der Waals surface area (Å²) >= 11 is 0. The lowest BCUT2D eigenvalue weighted by atomic mass is 10.1. The molecule has 3 rings (SSSR count). The summed E-state index contributed by atoms with van der Waals surface area (Å²) in [7, 11) is 1.81. The molecule has 0 amide bonds. The molecule has 1 heterocycles. The third-order valence-corrected chi connectivity index (χ3v) is 5.32. The first kappa shape index (κ1) is 26.6. The van der Waals surface area contributed by atoms with E-state index in [-0.39, 0.29) is 24.0 Å². The molecule has 0 bridgehead atoms. The molecule has 0 spiro atoms. The van der Waals surface area contributed by atoms with Crippen molar-refractivity contribution in [1.29, 1.82) is 0 Å². The monoisotopic (exact) mass is 552 g/mol. The molecule has 6 nitrogen and oxygen atoms in total. The van der Waals surface area contributed by atoms with Gasteiger partial charge in [0, 0.05) is 39.8 Å². The molecule has 2 aromatic carbocycles. The molecule has 1 fully saturated rings. The van der Waals surface area contributed by atoms with Crippen LogP contribution < -0.4 is 10.6 Å². The van der Waals surface area contributed by atoms with Gasteiger partial charge in [0.15, 0.2) is 5.96 Å². The van der Waals surface area contributed by atoms with E-state index in [1.54, 1.807) is 7.05 Å². The predicted octanol–water partition coefficient (Wildman–Crippen LogP) is 3.65. The van der Waals surface area contributed by atoms with Crippen LogP contribution in [0.5, 0.6) is 0 Å². The smallest absolute Gasteiger partial charge is 0.191 e. The molecule has 1 saturated heterocycles. The van der Waals surface area contributed by atoms with E-state index in [1.807, 2.05) is 18.2 Å². The van der Waals surface area contributed by atoms with E-state index in [0.29, 0.717) is 19.1 Å². The van der Waals surface area contributed by atoms with Gasteiger partial charge in [-0.1, -0.05) is 61.5 Å². The van der Waals surface area contributed by atoms with Crippen LogP contribution >= 0.6 is 24.0 Å². The Morgan fingerprint density at radius 1 is 1.03 bits per heavy atom. The van der Waals surface area contributed by atoms with Crippen LogP contribution in [0.25, 0.3) is 0 Å². The van der Waals surface area contributed by atoms with E-state index >= 15 is 0 Å². The molecule has 1 unspecified atom stereocenters. The van der Waals surface area contributed by atoms with Gasteiger partial charge in [-0.3, -0.25) is 9.89 Å². The number of aliphatic imine (C=N–C) groups is 1. The van der Waals surface area contributed by atoms with E-state index < -0.39 is 0 Å². The van der Waals surface area contributed by atoms with Crippen molar-refractivity contribution in [3.8, 4) is 0 Å². The fraction of sp³-hybridized carbons (Fsp3) is 0.480. The molecule has 0 aliphatic carbocycles. The van der Waals surface area contributed by atoms with Crippen LogP contribution in [-0.2, 0) is 29.2 Å². The number of hydrogen-bond donors (Lipinski definition) is 2. The van der Waals surface area contributed by atoms with E-state index in [9.17, 15) is 0 Å². The minimum atomic E-state index is 0. The number of nitrogens with zero attached hydrogens (tertiary/aromatic N) is 2. The summed E-state index contributed by atoms with van der Waals surface area (Å²) in [5.41, 5.74) is 3.80. The van der Waals surface area contributed by atoms with Gasteiger partial charge in [-0.2, -0.15) is 0 Å². The highest BCUT2D eigenvalue weighted by atomic mass is 127. The summed E-state index contributed by atoms with van der Waals surface area (Å²) < 4.78 is 11.3. The Morgan fingerprint density at radius 2 is 1.75 bits per heavy atom. The van der Waals surface area contributed by atoms with E-state index in [2.05, 4.69) is 63.8 Å². The number of morpholine rings is 1. The minimum absolute atomic E-state index is 0. The maximum atomic E-state index is 5.84. The molecule has 0 saturated carbocycles. The van der Waals surface area contributed by atoms with E-state index in [4.69, 9.17) is 9.47 Å². The molecular weight excluding hydrogens is 515 g/mol. The number of hydrogen-bond acceptors (Lipinski definition) is 4. The molecular formula is C25H37IN4O2. The molecule has 1 aliphatic rings. The number of rotatable bonds is 10. The van der Waals surface area contributed by atoms with Crippen molar-refractivity contribution < 1.29 is 9.47 Å². The summed E-state index contributed by atoms with van der Waals surface area (Å²) in [4.78, 5) is 6.79. The molecule has 32 heavy (non-hydrogen) atoms. The van der Waals surface area contributed by atoms with Gasteiger partial charge >= 0.3 is 0 Å². The largest absolute Gasteiger partial charge is 0.379 e. The zero-order valence-corrected chi connectivity index (χ0v) is 21.6.